The van der Waals surface area contributed by atoms with Gasteiger partial charge in [0.25, 0.3) is 0 Å². The summed E-state index contributed by atoms with van der Waals surface area (Å²) in [6.07, 6.45) is 4.13. The summed E-state index contributed by atoms with van der Waals surface area (Å²) < 4.78 is 5.07. The Bertz CT molecular complexity index is 559. The molecule has 0 spiro atoms. The van der Waals surface area contributed by atoms with Gasteiger partial charge in [-0.05, 0) is 24.3 Å². The molecule has 2 aromatic heterocycles. The topological polar surface area (TPSA) is 50.3 Å². The molecule has 3 heterocycles. The van der Waals surface area contributed by atoms with E-state index in [1.54, 1.807) is 24.8 Å². The van der Waals surface area contributed by atoms with Gasteiger partial charge in [-0.3, -0.25) is 0 Å². The molecular weight excluding hydrogens is 272 g/mol. The molecule has 20 heavy (non-hydrogen) atoms. The third kappa shape index (κ3) is 2.77. The SMILES string of the molecule is COCCNCC1CCCN1c1ncnc2sccc12. The Balaban J connectivity index is 1.73. The summed E-state index contributed by atoms with van der Waals surface area (Å²) in [7, 11) is 1.73. The zero-order valence-electron chi connectivity index (χ0n) is 11.7. The van der Waals surface area contributed by atoms with Gasteiger partial charge < -0.3 is 15.0 Å². The summed E-state index contributed by atoms with van der Waals surface area (Å²) in [5.41, 5.74) is 0. The Morgan fingerprint density at radius 1 is 1.50 bits per heavy atom. The molecule has 0 amide bonds. The van der Waals surface area contributed by atoms with E-state index in [-0.39, 0.29) is 0 Å². The maximum atomic E-state index is 5.07. The molecule has 1 atom stereocenters. The van der Waals surface area contributed by atoms with Crippen molar-refractivity contribution >= 4 is 27.4 Å². The minimum absolute atomic E-state index is 0.518. The monoisotopic (exact) mass is 292 g/mol. The fraction of sp³-hybridized carbons (Fsp3) is 0.571. The fourth-order valence-electron chi connectivity index (χ4n) is 2.78. The van der Waals surface area contributed by atoms with Gasteiger partial charge in [-0.2, -0.15) is 0 Å². The van der Waals surface area contributed by atoms with Crippen molar-refractivity contribution in [3.8, 4) is 0 Å². The third-order valence-electron chi connectivity index (χ3n) is 3.75. The molecule has 0 radical (unpaired) electrons. The number of thiophene rings is 1. The van der Waals surface area contributed by atoms with Crippen molar-refractivity contribution in [1.29, 1.82) is 0 Å². The summed E-state index contributed by atoms with van der Waals surface area (Å²) in [4.78, 5) is 12.4. The molecule has 1 fully saturated rings. The van der Waals surface area contributed by atoms with Crippen molar-refractivity contribution in [3.05, 3.63) is 17.8 Å². The molecule has 1 saturated heterocycles. The van der Waals surface area contributed by atoms with Crippen LogP contribution in [0.15, 0.2) is 17.8 Å². The molecule has 6 heteroatoms. The van der Waals surface area contributed by atoms with Crippen LogP contribution < -0.4 is 10.2 Å². The van der Waals surface area contributed by atoms with E-state index in [1.165, 1.54) is 18.2 Å². The number of hydrogen-bond donors (Lipinski definition) is 1. The number of aromatic nitrogens is 2. The van der Waals surface area contributed by atoms with Crippen molar-refractivity contribution in [2.24, 2.45) is 0 Å². The van der Waals surface area contributed by atoms with Crippen molar-refractivity contribution in [2.45, 2.75) is 18.9 Å². The van der Waals surface area contributed by atoms with Gasteiger partial charge in [0.2, 0.25) is 0 Å². The standard InChI is InChI=1S/C14H20N4OS/c1-19-7-5-15-9-11-3-2-6-18(11)13-12-4-8-20-14(12)17-10-16-13/h4,8,10-11,15H,2-3,5-7,9H2,1H3. The Morgan fingerprint density at radius 3 is 3.35 bits per heavy atom. The summed E-state index contributed by atoms with van der Waals surface area (Å²) in [6.45, 7) is 3.73. The Kier molecular flexibility index (Phi) is 4.44. The van der Waals surface area contributed by atoms with E-state index in [0.717, 1.165) is 36.9 Å². The first-order valence-corrected chi connectivity index (χ1v) is 7.92. The highest BCUT2D eigenvalue weighted by atomic mass is 32.1. The Morgan fingerprint density at radius 2 is 2.45 bits per heavy atom. The van der Waals surface area contributed by atoms with E-state index < -0.39 is 0 Å². The average Bonchev–Trinajstić information content (AvgIpc) is 3.11. The number of nitrogens with zero attached hydrogens (tertiary/aromatic N) is 3. The van der Waals surface area contributed by atoms with Gasteiger partial charge in [0.05, 0.1) is 12.0 Å². The second-order valence-corrected chi connectivity index (χ2v) is 5.92. The lowest BCUT2D eigenvalue weighted by molar-refractivity contribution is 0.199. The van der Waals surface area contributed by atoms with Crippen molar-refractivity contribution in [1.82, 2.24) is 15.3 Å². The molecule has 108 valence electrons. The summed E-state index contributed by atoms with van der Waals surface area (Å²) in [6, 6.07) is 2.65. The van der Waals surface area contributed by atoms with Crippen LogP contribution in [0, 0.1) is 0 Å². The molecule has 1 aliphatic rings. The van der Waals surface area contributed by atoms with Gasteiger partial charge in [-0.25, -0.2) is 9.97 Å². The van der Waals surface area contributed by atoms with E-state index in [2.05, 4.69) is 31.6 Å². The van der Waals surface area contributed by atoms with Crippen LogP contribution in [0.2, 0.25) is 0 Å². The normalized spacial score (nSPS) is 19.1. The molecule has 3 rings (SSSR count). The summed E-state index contributed by atoms with van der Waals surface area (Å²) in [5, 5.41) is 6.73. The summed E-state index contributed by atoms with van der Waals surface area (Å²) in [5.74, 6) is 1.09. The van der Waals surface area contributed by atoms with E-state index in [4.69, 9.17) is 4.74 Å². The van der Waals surface area contributed by atoms with Crippen LogP contribution in [-0.2, 0) is 4.74 Å². The largest absolute Gasteiger partial charge is 0.383 e. The van der Waals surface area contributed by atoms with Crippen molar-refractivity contribution in [3.63, 3.8) is 0 Å². The van der Waals surface area contributed by atoms with Crippen molar-refractivity contribution in [2.75, 3.05) is 38.3 Å². The van der Waals surface area contributed by atoms with Gasteiger partial charge in [-0.15, -0.1) is 11.3 Å². The lowest BCUT2D eigenvalue weighted by Crippen LogP contribution is -2.39. The molecule has 1 N–H and O–H groups in total. The number of methoxy groups -OCH3 is 1. The summed E-state index contributed by atoms with van der Waals surface area (Å²) >= 11 is 1.68. The molecule has 0 saturated carbocycles. The van der Waals surface area contributed by atoms with Crippen LogP contribution in [-0.4, -0.2) is 49.4 Å². The molecule has 1 aliphatic heterocycles. The van der Waals surface area contributed by atoms with E-state index in [0.29, 0.717) is 6.04 Å². The van der Waals surface area contributed by atoms with Crippen LogP contribution in [0.1, 0.15) is 12.8 Å². The van der Waals surface area contributed by atoms with Gasteiger partial charge in [-0.1, -0.05) is 0 Å². The number of hydrogen-bond acceptors (Lipinski definition) is 6. The number of nitrogens with one attached hydrogen (secondary N) is 1. The first kappa shape index (κ1) is 13.7. The van der Waals surface area contributed by atoms with E-state index >= 15 is 0 Å². The average molecular weight is 292 g/mol. The predicted molar refractivity (Wildman–Crippen MR) is 82.5 cm³/mol. The Labute approximate surface area is 123 Å². The molecule has 0 aliphatic carbocycles. The third-order valence-corrected chi connectivity index (χ3v) is 4.57. The van der Waals surface area contributed by atoms with Crippen LogP contribution in [0.5, 0.6) is 0 Å². The van der Waals surface area contributed by atoms with Crippen LogP contribution in [0.25, 0.3) is 10.2 Å². The smallest absolute Gasteiger partial charge is 0.141 e. The zero-order valence-corrected chi connectivity index (χ0v) is 12.5. The number of anilines is 1. The molecule has 1 unspecified atom stereocenters. The zero-order chi connectivity index (χ0) is 13.8. The van der Waals surface area contributed by atoms with E-state index in [1.807, 2.05) is 0 Å². The molecule has 2 aromatic rings. The fourth-order valence-corrected chi connectivity index (χ4v) is 3.50. The maximum Gasteiger partial charge on any atom is 0.141 e. The minimum Gasteiger partial charge on any atom is -0.383 e. The minimum atomic E-state index is 0.518. The number of fused-ring (bicyclic) bond motifs is 1. The lowest BCUT2D eigenvalue weighted by atomic mass is 10.2. The second-order valence-electron chi connectivity index (χ2n) is 5.02. The molecule has 5 nitrogen and oxygen atoms in total. The van der Waals surface area contributed by atoms with Crippen LogP contribution in [0.3, 0.4) is 0 Å². The van der Waals surface area contributed by atoms with Crippen LogP contribution in [0.4, 0.5) is 5.82 Å². The molecule has 0 bridgehead atoms. The Hall–Kier alpha value is -1.24. The highest BCUT2D eigenvalue weighted by Crippen LogP contribution is 2.31. The van der Waals surface area contributed by atoms with Gasteiger partial charge in [0, 0.05) is 32.8 Å². The number of rotatable bonds is 6. The second kappa shape index (κ2) is 6.47. The van der Waals surface area contributed by atoms with E-state index in [9.17, 15) is 0 Å². The quantitative estimate of drug-likeness (QED) is 0.824. The molecular formula is C14H20N4OS. The highest BCUT2D eigenvalue weighted by molar-refractivity contribution is 7.16. The first-order chi connectivity index (χ1) is 9.90. The van der Waals surface area contributed by atoms with Crippen molar-refractivity contribution < 1.29 is 4.74 Å². The maximum absolute atomic E-state index is 5.07. The van der Waals surface area contributed by atoms with Gasteiger partial charge >= 0.3 is 0 Å². The van der Waals surface area contributed by atoms with Gasteiger partial charge in [0.15, 0.2) is 0 Å². The van der Waals surface area contributed by atoms with Gasteiger partial charge in [0.1, 0.15) is 17.0 Å². The highest BCUT2D eigenvalue weighted by Gasteiger charge is 2.26. The first-order valence-electron chi connectivity index (χ1n) is 7.04. The molecule has 0 aromatic carbocycles. The lowest BCUT2D eigenvalue weighted by Gasteiger charge is -2.26. The predicted octanol–water partition coefficient (Wildman–Crippen LogP) is 1.90. The van der Waals surface area contributed by atoms with Crippen LogP contribution >= 0.6 is 11.3 Å². The number of ether oxygens (including phenoxy) is 1.